The molecule has 3 fully saturated rings. The Morgan fingerprint density at radius 1 is 0.843 bits per heavy atom. The zero-order chi connectivity index (χ0) is 35.7. The average Bonchev–Trinajstić information content (AvgIpc) is 3.48. The van der Waals surface area contributed by atoms with E-state index >= 15 is 0 Å². The van der Waals surface area contributed by atoms with Crippen LogP contribution in [0.2, 0.25) is 0 Å². The molecule has 3 saturated carbocycles. The second-order valence-electron chi connectivity index (χ2n) is 19.1. The first-order valence-electron chi connectivity index (χ1n) is 21.1. The van der Waals surface area contributed by atoms with Gasteiger partial charge in [0.2, 0.25) is 0 Å². The summed E-state index contributed by atoms with van der Waals surface area (Å²) in [7, 11) is 0. The molecule has 1 N–H and O–H groups in total. The van der Waals surface area contributed by atoms with Crippen LogP contribution in [0.4, 0.5) is 0 Å². The molecular weight excluding hydrogens is 621 g/mol. The van der Waals surface area contributed by atoms with E-state index < -0.39 is 11.4 Å². The third-order valence-electron chi connectivity index (χ3n) is 16.3. The maximum Gasteiger partial charge on any atom is 0.314 e. The van der Waals surface area contributed by atoms with Crippen molar-refractivity contribution in [1.82, 2.24) is 0 Å². The van der Waals surface area contributed by atoms with Gasteiger partial charge in [-0.15, -0.1) is 0 Å². The monoisotopic (exact) mass is 684 g/mol. The number of unbranched alkanes of at least 4 members (excludes halogenated alkanes) is 1. The third-order valence-corrected chi connectivity index (χ3v) is 16.3. The molecule has 51 heavy (non-hydrogen) atoms. The van der Waals surface area contributed by atoms with Crippen LogP contribution >= 0.6 is 0 Å². The number of rotatable bonds is 11. The number of carbonyl (C=O) groups is 1. The smallest absolute Gasteiger partial charge is 0.314 e. The maximum atomic E-state index is 14.1. The van der Waals surface area contributed by atoms with Crippen LogP contribution in [-0.4, -0.2) is 11.1 Å². The van der Waals surface area contributed by atoms with Crippen LogP contribution in [0.5, 0.6) is 0 Å². The Hall–Kier alpha value is -2.87. The van der Waals surface area contributed by atoms with Crippen LogP contribution in [0.15, 0.2) is 66.2 Å². The number of hydrogen-bond acceptors (Lipinski definition) is 1. The lowest BCUT2D eigenvalue weighted by Gasteiger charge is -2.59. The molecule has 0 radical (unpaired) electrons. The van der Waals surface area contributed by atoms with E-state index in [4.69, 9.17) is 0 Å². The van der Waals surface area contributed by atoms with E-state index in [0.29, 0.717) is 11.8 Å². The summed E-state index contributed by atoms with van der Waals surface area (Å²) < 4.78 is 0. The van der Waals surface area contributed by atoms with E-state index in [1.54, 1.807) is 5.57 Å². The van der Waals surface area contributed by atoms with E-state index in [-0.39, 0.29) is 11.3 Å². The molecule has 4 aliphatic rings. The van der Waals surface area contributed by atoms with Crippen molar-refractivity contribution in [3.8, 4) is 0 Å². The van der Waals surface area contributed by atoms with Crippen LogP contribution in [0.1, 0.15) is 137 Å². The molecule has 1 unspecified atom stereocenters. The predicted octanol–water partition coefficient (Wildman–Crippen LogP) is 13.8. The standard InChI is InChI=1S/C49H64O2/c1-7-8-27-49(46(50)51,43-22-18-35-16-15-33-13-10-14-34-17-20-39(43)45(35)44(33)34)37-25-28-47(5)36(30-37)19-21-38-41-24-23-40(32(4)12-9-11-31(2)3)48(41,6)29-26-42(38)47/h10,13-20,22,31-32,37-38,40-42H,7-9,11-12,21,23-30H2,1-6H3,(H,50,51)/t32-,37+,38+,40-,41+,42+,47+,48-,49?/m1/s1. The highest BCUT2D eigenvalue weighted by molar-refractivity contribution is 6.24. The van der Waals surface area contributed by atoms with Crippen LogP contribution in [0, 0.1) is 52.3 Å². The van der Waals surface area contributed by atoms with Crippen molar-refractivity contribution in [1.29, 1.82) is 0 Å². The quantitative estimate of drug-likeness (QED) is 0.126. The molecule has 0 aliphatic heterocycles. The summed E-state index contributed by atoms with van der Waals surface area (Å²) in [6, 6.07) is 19.9. The summed E-state index contributed by atoms with van der Waals surface area (Å²) in [4.78, 5) is 14.1. The molecule has 9 atom stereocenters. The van der Waals surface area contributed by atoms with Gasteiger partial charge >= 0.3 is 5.97 Å². The number of benzene rings is 4. The Morgan fingerprint density at radius 2 is 1.57 bits per heavy atom. The van der Waals surface area contributed by atoms with E-state index in [1.807, 2.05) is 0 Å². The lowest BCUT2D eigenvalue weighted by Crippen LogP contribution is -2.52. The lowest BCUT2D eigenvalue weighted by molar-refractivity contribution is -0.148. The van der Waals surface area contributed by atoms with Gasteiger partial charge in [0, 0.05) is 0 Å². The minimum absolute atomic E-state index is 0.104. The largest absolute Gasteiger partial charge is 0.481 e. The minimum atomic E-state index is -0.896. The number of carboxylic acids is 1. The Labute approximate surface area is 308 Å². The highest BCUT2D eigenvalue weighted by Crippen LogP contribution is 2.68. The molecule has 0 aromatic heterocycles. The number of aliphatic carboxylic acids is 1. The highest BCUT2D eigenvalue weighted by Gasteiger charge is 2.60. The summed E-state index contributed by atoms with van der Waals surface area (Å²) in [5.41, 5.74) is 2.47. The maximum absolute atomic E-state index is 14.1. The van der Waals surface area contributed by atoms with E-state index in [2.05, 4.69) is 102 Å². The molecule has 4 aromatic carbocycles. The Morgan fingerprint density at radius 3 is 2.29 bits per heavy atom. The Kier molecular flexibility index (Phi) is 9.11. The molecule has 0 heterocycles. The highest BCUT2D eigenvalue weighted by atomic mass is 16.4. The van der Waals surface area contributed by atoms with Crippen LogP contribution in [0.25, 0.3) is 32.3 Å². The molecular formula is C49H64O2. The number of carboxylic acid groups (broad SMARTS) is 1. The molecule has 0 spiro atoms. The van der Waals surface area contributed by atoms with Gasteiger partial charge in [0.05, 0.1) is 5.41 Å². The summed E-state index contributed by atoms with van der Waals surface area (Å²) >= 11 is 0. The SMILES string of the molecule is CCCCC(C(=O)O)(c1ccc2ccc3cccc4ccc1c2c34)[C@H]1CC[C@@]2(C)C(=CC[C@H]3[C@@H]4CC[C@H]([C@H](C)CCCC(C)C)[C@@]4(C)CC[C@@H]32)C1. The van der Waals surface area contributed by atoms with E-state index in [1.165, 1.54) is 78.3 Å². The van der Waals surface area contributed by atoms with Crippen molar-refractivity contribution in [2.75, 3.05) is 0 Å². The molecule has 272 valence electrons. The lowest BCUT2D eigenvalue weighted by atomic mass is 9.45. The first kappa shape index (κ1) is 35.2. The molecule has 4 aliphatic carbocycles. The normalized spacial score (nSPS) is 32.5. The molecule has 0 saturated heterocycles. The van der Waals surface area contributed by atoms with Gasteiger partial charge in [-0.25, -0.2) is 0 Å². The van der Waals surface area contributed by atoms with Gasteiger partial charge in [-0.3, -0.25) is 4.79 Å². The summed E-state index contributed by atoms with van der Waals surface area (Å²) in [6.45, 7) is 14.9. The van der Waals surface area contributed by atoms with Gasteiger partial charge in [0.15, 0.2) is 0 Å². The summed E-state index contributed by atoms with van der Waals surface area (Å²) in [5.74, 6) is 4.41. The number of hydrogen-bond donors (Lipinski definition) is 1. The predicted molar refractivity (Wildman–Crippen MR) is 216 cm³/mol. The fraction of sp³-hybridized carbons (Fsp3) is 0.612. The molecule has 2 heteroatoms. The number of fused-ring (bicyclic) bond motifs is 5. The molecule has 2 nitrogen and oxygen atoms in total. The zero-order valence-electron chi connectivity index (χ0n) is 32.6. The van der Waals surface area contributed by atoms with Crippen LogP contribution < -0.4 is 0 Å². The van der Waals surface area contributed by atoms with Gasteiger partial charge in [-0.2, -0.15) is 0 Å². The van der Waals surface area contributed by atoms with Crippen molar-refractivity contribution in [3.05, 3.63) is 71.8 Å². The molecule has 0 amide bonds. The Balaban J connectivity index is 1.12. The van der Waals surface area contributed by atoms with Crippen molar-refractivity contribution in [2.24, 2.45) is 52.3 Å². The molecule has 4 aromatic rings. The zero-order valence-corrected chi connectivity index (χ0v) is 32.6. The van der Waals surface area contributed by atoms with Gasteiger partial charge in [-0.05, 0) is 148 Å². The Bertz CT molecular complexity index is 1920. The summed E-state index contributed by atoms with van der Waals surface area (Å²) in [5, 5.41) is 18.9. The summed E-state index contributed by atoms with van der Waals surface area (Å²) in [6.07, 6.45) is 19.4. The molecule has 8 rings (SSSR count). The van der Waals surface area contributed by atoms with Crippen molar-refractivity contribution >= 4 is 38.3 Å². The topological polar surface area (TPSA) is 37.3 Å². The average molecular weight is 685 g/mol. The second kappa shape index (κ2) is 13.2. The van der Waals surface area contributed by atoms with Crippen molar-refractivity contribution in [3.63, 3.8) is 0 Å². The van der Waals surface area contributed by atoms with Gasteiger partial charge in [-0.1, -0.05) is 140 Å². The van der Waals surface area contributed by atoms with Crippen molar-refractivity contribution in [2.45, 2.75) is 137 Å². The first-order chi connectivity index (χ1) is 24.5. The van der Waals surface area contributed by atoms with Crippen molar-refractivity contribution < 1.29 is 9.90 Å². The molecule has 0 bridgehead atoms. The van der Waals surface area contributed by atoms with E-state index in [9.17, 15) is 9.90 Å². The second-order valence-corrected chi connectivity index (χ2v) is 19.1. The van der Waals surface area contributed by atoms with Crippen LogP contribution in [0.3, 0.4) is 0 Å². The van der Waals surface area contributed by atoms with E-state index in [0.717, 1.165) is 78.6 Å². The third kappa shape index (κ3) is 5.42. The van der Waals surface area contributed by atoms with Gasteiger partial charge in [0.25, 0.3) is 0 Å². The first-order valence-corrected chi connectivity index (χ1v) is 21.1. The van der Waals surface area contributed by atoms with Gasteiger partial charge in [0.1, 0.15) is 0 Å². The fourth-order valence-corrected chi connectivity index (χ4v) is 13.6. The minimum Gasteiger partial charge on any atom is -0.481 e. The van der Waals surface area contributed by atoms with Gasteiger partial charge < -0.3 is 5.11 Å². The van der Waals surface area contributed by atoms with Crippen LogP contribution in [-0.2, 0) is 10.2 Å². The fourth-order valence-electron chi connectivity index (χ4n) is 13.6. The number of allylic oxidation sites excluding steroid dienone is 2.